The lowest BCUT2D eigenvalue weighted by Crippen LogP contribution is -2.17. The van der Waals surface area contributed by atoms with Gasteiger partial charge in [-0.25, -0.2) is 9.18 Å². The van der Waals surface area contributed by atoms with Crippen LogP contribution in [-0.4, -0.2) is 12.6 Å². The Bertz CT molecular complexity index is 333. The first kappa shape index (κ1) is 7.28. The molecule has 0 unspecified atom stereocenters. The molecule has 0 bridgehead atoms. The summed E-state index contributed by atoms with van der Waals surface area (Å²) < 4.78 is 17.5. The lowest BCUT2D eigenvalue weighted by molar-refractivity contribution is 0.0480. The van der Waals surface area contributed by atoms with Gasteiger partial charge in [0.25, 0.3) is 0 Å². The van der Waals surface area contributed by atoms with E-state index in [0.29, 0.717) is 18.6 Å². The summed E-state index contributed by atoms with van der Waals surface area (Å²) in [5.41, 5.74) is 1.23. The van der Waals surface area contributed by atoms with Gasteiger partial charge in [-0.3, -0.25) is 0 Å². The van der Waals surface area contributed by atoms with Gasteiger partial charge in [-0.2, -0.15) is 0 Å². The van der Waals surface area contributed by atoms with Crippen LogP contribution in [0.25, 0.3) is 0 Å². The molecule has 0 saturated carbocycles. The fourth-order valence-electron chi connectivity index (χ4n) is 1.30. The standard InChI is InChI=1S/C9H7FO2/c10-7-1-2-8-6(5-7)3-4-12-9(8)11/h1-2,5H,3-4H2. The maximum atomic E-state index is 12.7. The molecule has 1 heterocycles. The summed E-state index contributed by atoms with van der Waals surface area (Å²) >= 11 is 0. The number of esters is 1. The molecule has 0 aromatic heterocycles. The first-order chi connectivity index (χ1) is 5.77. The topological polar surface area (TPSA) is 26.3 Å². The highest BCUT2D eigenvalue weighted by Gasteiger charge is 2.18. The molecule has 62 valence electrons. The van der Waals surface area contributed by atoms with Gasteiger partial charge in [-0.1, -0.05) is 0 Å². The van der Waals surface area contributed by atoms with Crippen LogP contribution in [0.2, 0.25) is 0 Å². The summed E-state index contributed by atoms with van der Waals surface area (Å²) in [6.45, 7) is 0.356. The average Bonchev–Trinajstić information content (AvgIpc) is 2.04. The Morgan fingerprint density at radius 2 is 2.25 bits per heavy atom. The van der Waals surface area contributed by atoms with E-state index in [-0.39, 0.29) is 11.8 Å². The van der Waals surface area contributed by atoms with Crippen LogP contribution in [0.3, 0.4) is 0 Å². The molecule has 1 aliphatic rings. The van der Waals surface area contributed by atoms with Gasteiger partial charge < -0.3 is 4.74 Å². The molecule has 0 fully saturated rings. The molecular weight excluding hydrogens is 159 g/mol. The number of fused-ring (bicyclic) bond motifs is 1. The van der Waals surface area contributed by atoms with E-state index < -0.39 is 0 Å². The van der Waals surface area contributed by atoms with E-state index in [1.54, 1.807) is 0 Å². The highest BCUT2D eigenvalue weighted by molar-refractivity contribution is 5.91. The van der Waals surface area contributed by atoms with Crippen molar-refractivity contribution in [1.82, 2.24) is 0 Å². The zero-order valence-corrected chi connectivity index (χ0v) is 6.34. The number of rotatable bonds is 0. The fraction of sp³-hybridized carbons (Fsp3) is 0.222. The zero-order valence-electron chi connectivity index (χ0n) is 6.34. The maximum Gasteiger partial charge on any atom is 0.338 e. The number of hydrogen-bond donors (Lipinski definition) is 0. The van der Waals surface area contributed by atoms with Gasteiger partial charge in [0.1, 0.15) is 5.82 Å². The minimum Gasteiger partial charge on any atom is -0.462 e. The number of ether oxygens (including phenoxy) is 1. The zero-order chi connectivity index (χ0) is 8.55. The van der Waals surface area contributed by atoms with Crippen molar-refractivity contribution in [2.24, 2.45) is 0 Å². The largest absolute Gasteiger partial charge is 0.462 e. The molecule has 0 aliphatic carbocycles. The molecule has 1 aromatic rings. The molecule has 0 amide bonds. The lowest BCUT2D eigenvalue weighted by Gasteiger charge is -2.14. The molecule has 1 aromatic carbocycles. The van der Waals surface area contributed by atoms with Crippen molar-refractivity contribution in [2.75, 3.05) is 6.61 Å². The molecule has 0 saturated heterocycles. The third-order valence-corrected chi connectivity index (χ3v) is 1.89. The molecule has 0 radical (unpaired) electrons. The fourth-order valence-corrected chi connectivity index (χ4v) is 1.30. The van der Waals surface area contributed by atoms with Crippen molar-refractivity contribution in [2.45, 2.75) is 6.42 Å². The number of benzene rings is 1. The predicted octanol–water partition coefficient (Wildman–Crippen LogP) is 1.54. The Morgan fingerprint density at radius 1 is 1.42 bits per heavy atom. The van der Waals surface area contributed by atoms with Gasteiger partial charge >= 0.3 is 5.97 Å². The van der Waals surface area contributed by atoms with Gasteiger partial charge in [-0.05, 0) is 23.8 Å². The van der Waals surface area contributed by atoms with Gasteiger partial charge in [0, 0.05) is 6.42 Å². The molecular formula is C9H7FO2. The van der Waals surface area contributed by atoms with E-state index in [1.807, 2.05) is 0 Å². The maximum absolute atomic E-state index is 12.7. The number of halogens is 1. The summed E-state index contributed by atoms with van der Waals surface area (Å²) in [5, 5.41) is 0. The van der Waals surface area contributed by atoms with Crippen molar-refractivity contribution >= 4 is 5.97 Å². The minimum absolute atomic E-state index is 0.302. The van der Waals surface area contributed by atoms with E-state index in [9.17, 15) is 9.18 Å². The molecule has 0 atom stereocenters. The molecule has 0 N–H and O–H groups in total. The SMILES string of the molecule is O=C1OCCc2cc(F)ccc21. The lowest BCUT2D eigenvalue weighted by atomic mass is 10.0. The third-order valence-electron chi connectivity index (χ3n) is 1.89. The summed E-state index contributed by atoms with van der Waals surface area (Å²) in [6.07, 6.45) is 0.610. The van der Waals surface area contributed by atoms with Crippen molar-refractivity contribution in [3.8, 4) is 0 Å². The number of hydrogen-bond acceptors (Lipinski definition) is 2. The molecule has 3 heteroatoms. The highest BCUT2D eigenvalue weighted by atomic mass is 19.1. The molecule has 2 nitrogen and oxygen atoms in total. The van der Waals surface area contributed by atoms with Crippen LogP contribution in [0.4, 0.5) is 4.39 Å². The molecule has 2 rings (SSSR count). The smallest absolute Gasteiger partial charge is 0.338 e. The van der Waals surface area contributed by atoms with Gasteiger partial charge in [-0.15, -0.1) is 0 Å². The molecule has 0 spiro atoms. The van der Waals surface area contributed by atoms with E-state index in [0.717, 1.165) is 5.56 Å². The second kappa shape index (κ2) is 2.59. The second-order valence-electron chi connectivity index (χ2n) is 2.69. The number of carbonyl (C=O) groups is 1. The Hall–Kier alpha value is -1.38. The predicted molar refractivity (Wildman–Crippen MR) is 40.4 cm³/mol. The average molecular weight is 166 g/mol. The van der Waals surface area contributed by atoms with Crippen molar-refractivity contribution in [3.63, 3.8) is 0 Å². The van der Waals surface area contributed by atoms with Gasteiger partial charge in [0.2, 0.25) is 0 Å². The number of cyclic esters (lactones) is 1. The Balaban J connectivity index is 2.53. The summed E-state index contributed by atoms with van der Waals surface area (Å²) in [7, 11) is 0. The van der Waals surface area contributed by atoms with E-state index in [4.69, 9.17) is 4.74 Å². The van der Waals surface area contributed by atoms with Crippen molar-refractivity contribution in [3.05, 3.63) is 35.1 Å². The van der Waals surface area contributed by atoms with Crippen LogP contribution >= 0.6 is 0 Å². The van der Waals surface area contributed by atoms with E-state index >= 15 is 0 Å². The summed E-state index contributed by atoms with van der Waals surface area (Å²) in [4.78, 5) is 11.1. The van der Waals surface area contributed by atoms with Crippen molar-refractivity contribution in [1.29, 1.82) is 0 Å². The second-order valence-corrected chi connectivity index (χ2v) is 2.69. The van der Waals surface area contributed by atoms with Gasteiger partial charge in [0.05, 0.1) is 12.2 Å². The monoisotopic (exact) mass is 166 g/mol. The summed E-state index contributed by atoms with van der Waals surface area (Å²) in [6, 6.07) is 4.12. The first-order valence-corrected chi connectivity index (χ1v) is 3.73. The molecule has 12 heavy (non-hydrogen) atoms. The molecule has 1 aliphatic heterocycles. The van der Waals surface area contributed by atoms with E-state index in [1.165, 1.54) is 18.2 Å². The van der Waals surface area contributed by atoms with Crippen LogP contribution in [0, 0.1) is 5.82 Å². The van der Waals surface area contributed by atoms with Crippen molar-refractivity contribution < 1.29 is 13.9 Å². The Labute approximate surface area is 69.0 Å². The van der Waals surface area contributed by atoms with Crippen LogP contribution in [0.1, 0.15) is 15.9 Å². The third kappa shape index (κ3) is 1.07. The van der Waals surface area contributed by atoms with Gasteiger partial charge in [0.15, 0.2) is 0 Å². The van der Waals surface area contributed by atoms with Crippen LogP contribution in [-0.2, 0) is 11.2 Å². The quantitative estimate of drug-likeness (QED) is 0.546. The minimum atomic E-state index is -0.351. The van der Waals surface area contributed by atoms with Crippen LogP contribution < -0.4 is 0 Å². The number of carbonyl (C=O) groups excluding carboxylic acids is 1. The van der Waals surface area contributed by atoms with Crippen LogP contribution in [0.5, 0.6) is 0 Å². The van der Waals surface area contributed by atoms with E-state index in [2.05, 4.69) is 0 Å². The van der Waals surface area contributed by atoms with Crippen LogP contribution in [0.15, 0.2) is 18.2 Å². The Morgan fingerprint density at radius 3 is 3.08 bits per heavy atom. The Kier molecular flexibility index (Phi) is 1.57. The first-order valence-electron chi connectivity index (χ1n) is 3.73. The normalized spacial score (nSPS) is 15.2. The highest BCUT2D eigenvalue weighted by Crippen LogP contribution is 2.17. The summed E-state index contributed by atoms with van der Waals surface area (Å²) in [5.74, 6) is -0.653.